The van der Waals surface area contributed by atoms with E-state index in [0.29, 0.717) is 0 Å². The topological polar surface area (TPSA) is 63.3 Å². The van der Waals surface area contributed by atoms with Gasteiger partial charge in [-0.2, -0.15) is 12.6 Å². The molecule has 53 valence electrons. The molecule has 0 rings (SSSR count). The van der Waals surface area contributed by atoms with Gasteiger partial charge in [-0.3, -0.25) is 4.79 Å². The predicted octanol–water partition coefficient (Wildman–Crippen LogP) is -0.674. The second-order valence-electron chi connectivity index (χ2n) is 1.13. The number of carbonyl (C=O) groups is 1. The molecule has 0 aromatic carbocycles. The average Bonchev–Trinajstić information content (AvgIpc) is 1.65. The molecule has 0 heterocycles. The summed E-state index contributed by atoms with van der Waals surface area (Å²) < 4.78 is 0. The summed E-state index contributed by atoms with van der Waals surface area (Å²) in [5, 5.41) is 8.01. The van der Waals surface area contributed by atoms with Crippen LogP contribution in [0.15, 0.2) is 0 Å². The fraction of sp³-hybridized carbons (Fsp3) is 0.667. The molecule has 5 heteroatoms. The van der Waals surface area contributed by atoms with E-state index < -0.39 is 12.0 Å². The average molecular weight is 229 g/mol. The maximum Gasteiger partial charge on any atom is 0.321 e. The summed E-state index contributed by atoms with van der Waals surface area (Å²) in [7, 11) is 0. The molecule has 3 N–H and O–H groups in total. The van der Waals surface area contributed by atoms with Gasteiger partial charge in [-0.1, -0.05) is 0 Å². The van der Waals surface area contributed by atoms with E-state index in [0.717, 1.165) is 0 Å². The van der Waals surface area contributed by atoms with Crippen LogP contribution in [0.3, 0.4) is 0 Å². The summed E-state index contributed by atoms with van der Waals surface area (Å²) in [4.78, 5) is 9.76. The molecule has 0 bridgehead atoms. The quantitative estimate of drug-likeness (QED) is 0.434. The number of aliphatic carboxylic acids is 1. The van der Waals surface area contributed by atoms with E-state index >= 15 is 0 Å². The monoisotopic (exact) mass is 228 g/mol. The van der Waals surface area contributed by atoms with Crippen LogP contribution in [0.4, 0.5) is 0 Å². The Morgan fingerprint density at radius 2 is 2.25 bits per heavy atom. The summed E-state index contributed by atoms with van der Waals surface area (Å²) in [6.07, 6.45) is 0. The molecule has 0 aliphatic carbocycles. The molecule has 8 heavy (non-hydrogen) atoms. The van der Waals surface area contributed by atoms with Gasteiger partial charge < -0.3 is 10.8 Å². The van der Waals surface area contributed by atoms with Gasteiger partial charge in [0.05, 0.1) is 0 Å². The van der Waals surface area contributed by atoms with E-state index in [-0.39, 0.29) is 28.1 Å². The van der Waals surface area contributed by atoms with Gasteiger partial charge in [0.15, 0.2) is 0 Å². The fourth-order valence-corrected chi connectivity index (χ4v) is 0.234. The van der Waals surface area contributed by atoms with Crippen LogP contribution in [0.1, 0.15) is 0 Å². The summed E-state index contributed by atoms with van der Waals surface area (Å²) in [5.41, 5.74) is 4.94. The maximum atomic E-state index is 9.76. The van der Waals surface area contributed by atoms with Gasteiger partial charge >= 0.3 is 5.97 Å². The number of carboxylic acid groups (broad SMARTS) is 1. The van der Waals surface area contributed by atoms with Crippen LogP contribution in [-0.2, 0) is 27.2 Å². The van der Waals surface area contributed by atoms with Crippen molar-refractivity contribution in [1.82, 2.24) is 0 Å². The number of thiol groups is 1. The largest absolute Gasteiger partial charge is 0.480 e. The van der Waals surface area contributed by atoms with Gasteiger partial charge in [0.25, 0.3) is 0 Å². The predicted molar refractivity (Wildman–Crippen MR) is 29.5 cm³/mol. The van der Waals surface area contributed by atoms with Crippen molar-refractivity contribution in [2.75, 3.05) is 5.75 Å². The van der Waals surface area contributed by atoms with Crippen LogP contribution in [0.25, 0.3) is 0 Å². The number of nitrogens with two attached hydrogens (primary N) is 1. The first-order valence-electron chi connectivity index (χ1n) is 1.77. The van der Waals surface area contributed by atoms with Crippen LogP contribution >= 0.6 is 12.6 Å². The minimum Gasteiger partial charge on any atom is -0.480 e. The molecule has 0 unspecified atom stereocenters. The normalized spacial score (nSPS) is 11.8. The molecule has 3 nitrogen and oxygen atoms in total. The zero-order valence-electron chi connectivity index (χ0n) is 3.97. The Kier molecular flexibility index (Phi) is 8.01. The number of hydrogen-bond acceptors (Lipinski definition) is 3. The van der Waals surface area contributed by atoms with E-state index in [1.165, 1.54) is 0 Å². The van der Waals surface area contributed by atoms with Crippen molar-refractivity contribution in [3.8, 4) is 0 Å². The van der Waals surface area contributed by atoms with Crippen molar-refractivity contribution in [3.05, 3.63) is 0 Å². The van der Waals surface area contributed by atoms with Gasteiger partial charge in [-0.05, 0) is 0 Å². The first-order chi connectivity index (χ1) is 3.18. The van der Waals surface area contributed by atoms with E-state index in [2.05, 4.69) is 12.6 Å². The maximum absolute atomic E-state index is 9.76. The molecule has 0 saturated heterocycles. The second-order valence-corrected chi connectivity index (χ2v) is 1.49. The van der Waals surface area contributed by atoms with E-state index in [1.807, 2.05) is 0 Å². The Hall–Kier alpha value is 0.520. The number of rotatable bonds is 2. The third-order valence-electron chi connectivity index (χ3n) is 0.514. The Labute approximate surface area is 68.6 Å². The Bertz CT molecular complexity index is 79.7. The molecule has 1 atom stereocenters. The molecule has 0 fully saturated rings. The van der Waals surface area contributed by atoms with E-state index in [4.69, 9.17) is 10.8 Å². The van der Waals surface area contributed by atoms with Crippen LogP contribution in [-0.4, -0.2) is 22.9 Å². The molecule has 0 aliphatic heterocycles. The Morgan fingerprint density at radius 3 is 2.25 bits per heavy atom. The van der Waals surface area contributed by atoms with Gasteiger partial charge in [0.2, 0.25) is 0 Å². The zero-order valence-corrected chi connectivity index (χ0v) is 6.34. The Balaban J connectivity index is 0. The molecule has 0 amide bonds. The second kappa shape index (κ2) is 5.65. The Morgan fingerprint density at radius 1 is 1.88 bits per heavy atom. The fourth-order valence-electron chi connectivity index (χ4n) is 0.0781. The summed E-state index contributed by atoms with van der Waals surface area (Å²) >= 11 is 3.65. The van der Waals surface area contributed by atoms with Crippen molar-refractivity contribution in [3.63, 3.8) is 0 Å². The minimum absolute atomic E-state index is 0. The van der Waals surface area contributed by atoms with Gasteiger partial charge in [0, 0.05) is 28.1 Å². The van der Waals surface area contributed by atoms with Crippen LogP contribution in [0, 0.1) is 0 Å². The van der Waals surface area contributed by atoms with Gasteiger partial charge in [-0.25, -0.2) is 0 Å². The first-order valence-corrected chi connectivity index (χ1v) is 2.41. The molecule has 0 aromatic heterocycles. The van der Waals surface area contributed by atoms with E-state index in [9.17, 15) is 4.79 Å². The standard InChI is InChI=1S/C3H7NO2S.Ag/c4-2(1-7)3(5)6;/h2,7H,1,4H2,(H,5,6);/t2-;/m0./s1. The van der Waals surface area contributed by atoms with Gasteiger partial charge in [-0.15, -0.1) is 0 Å². The van der Waals surface area contributed by atoms with Crippen molar-refractivity contribution in [2.45, 2.75) is 6.04 Å². The van der Waals surface area contributed by atoms with Crippen molar-refractivity contribution in [2.24, 2.45) is 5.73 Å². The van der Waals surface area contributed by atoms with Gasteiger partial charge in [0.1, 0.15) is 6.04 Å². The van der Waals surface area contributed by atoms with Crippen molar-refractivity contribution < 1.29 is 32.3 Å². The number of hydrogen-bond donors (Lipinski definition) is 3. The van der Waals surface area contributed by atoms with Crippen LogP contribution < -0.4 is 5.73 Å². The SMILES string of the molecule is N[C@@H](CS)C(=O)O.[Ag]. The van der Waals surface area contributed by atoms with Crippen LogP contribution in [0.2, 0.25) is 0 Å². The summed E-state index contributed by atoms with van der Waals surface area (Å²) in [5.74, 6) is -0.815. The molecule has 0 aromatic rings. The molecule has 0 spiro atoms. The summed E-state index contributed by atoms with van der Waals surface area (Å²) in [6, 6.07) is -0.816. The molecule has 0 saturated carbocycles. The summed E-state index contributed by atoms with van der Waals surface area (Å²) in [6.45, 7) is 0. The third-order valence-corrected chi connectivity index (χ3v) is 0.907. The van der Waals surface area contributed by atoms with E-state index in [1.54, 1.807) is 0 Å². The van der Waals surface area contributed by atoms with Crippen LogP contribution in [0.5, 0.6) is 0 Å². The molecular weight excluding hydrogens is 222 g/mol. The van der Waals surface area contributed by atoms with Crippen molar-refractivity contribution >= 4 is 18.6 Å². The zero-order chi connectivity index (χ0) is 5.86. The smallest absolute Gasteiger partial charge is 0.321 e. The first kappa shape index (κ1) is 11.3. The molecule has 1 radical (unpaired) electrons. The molecular formula is C3H7AgNO2S. The molecule has 0 aliphatic rings. The van der Waals surface area contributed by atoms with Crippen molar-refractivity contribution in [1.29, 1.82) is 0 Å². The number of carboxylic acids is 1. The minimum atomic E-state index is -1.00. The third kappa shape index (κ3) is 4.67.